The zero-order valence-corrected chi connectivity index (χ0v) is 13.5. The van der Waals surface area contributed by atoms with Gasteiger partial charge in [-0.1, -0.05) is 0 Å². The van der Waals surface area contributed by atoms with Crippen molar-refractivity contribution in [3.63, 3.8) is 0 Å². The molecule has 10 heteroatoms. The number of aromatic nitrogens is 4. The van der Waals surface area contributed by atoms with Gasteiger partial charge in [-0.3, -0.25) is 4.40 Å². The third-order valence-corrected chi connectivity index (χ3v) is 3.61. The van der Waals surface area contributed by atoms with Gasteiger partial charge in [0.2, 0.25) is 5.65 Å². The van der Waals surface area contributed by atoms with E-state index in [1.165, 1.54) is 18.2 Å². The van der Waals surface area contributed by atoms with Crippen molar-refractivity contribution in [3.05, 3.63) is 24.0 Å². The molecule has 0 spiro atoms. The topological polar surface area (TPSA) is 90.4 Å². The lowest BCUT2D eigenvalue weighted by Gasteiger charge is -2.12. The van der Waals surface area contributed by atoms with Crippen LogP contribution in [0, 0.1) is 6.92 Å². The standard InChI is InChI=1S/C15H17F3N6O/c1-9-22-23-14-13(20-7-3-2-6-19)21-11-8-10(25-15(16,17)18)4-5-12(11)24(9)14/h4-5,8H,2-3,6-7,19H2,1H3,(H,20,21). The third kappa shape index (κ3) is 3.73. The van der Waals surface area contributed by atoms with E-state index in [4.69, 9.17) is 5.73 Å². The Bertz CT molecular complexity index is 892. The Morgan fingerprint density at radius 1 is 1.24 bits per heavy atom. The molecule has 0 fully saturated rings. The molecule has 134 valence electrons. The van der Waals surface area contributed by atoms with E-state index in [1.807, 2.05) is 0 Å². The predicted molar refractivity (Wildman–Crippen MR) is 86.5 cm³/mol. The molecule has 0 radical (unpaired) electrons. The molecular formula is C15H17F3N6O. The molecule has 1 aromatic carbocycles. The van der Waals surface area contributed by atoms with Crippen LogP contribution in [-0.2, 0) is 0 Å². The predicted octanol–water partition coefficient (Wildman–Crippen LogP) is 2.64. The number of anilines is 1. The smallest absolute Gasteiger partial charge is 0.406 e. The van der Waals surface area contributed by atoms with Crippen molar-refractivity contribution in [1.29, 1.82) is 0 Å². The lowest BCUT2D eigenvalue weighted by molar-refractivity contribution is -0.274. The molecule has 2 aromatic heterocycles. The number of fused-ring (bicyclic) bond motifs is 3. The van der Waals surface area contributed by atoms with Crippen molar-refractivity contribution in [2.75, 3.05) is 18.4 Å². The van der Waals surface area contributed by atoms with Gasteiger partial charge in [0, 0.05) is 12.6 Å². The number of nitrogens with zero attached hydrogens (tertiary/aromatic N) is 4. The van der Waals surface area contributed by atoms with Crippen molar-refractivity contribution in [1.82, 2.24) is 19.6 Å². The van der Waals surface area contributed by atoms with Crippen molar-refractivity contribution in [2.45, 2.75) is 26.1 Å². The van der Waals surface area contributed by atoms with Crippen LogP contribution < -0.4 is 15.8 Å². The molecule has 0 amide bonds. The van der Waals surface area contributed by atoms with E-state index in [9.17, 15) is 13.2 Å². The van der Waals surface area contributed by atoms with Crippen molar-refractivity contribution < 1.29 is 17.9 Å². The van der Waals surface area contributed by atoms with Crippen LogP contribution in [0.3, 0.4) is 0 Å². The van der Waals surface area contributed by atoms with E-state index in [0.717, 1.165) is 12.8 Å². The summed E-state index contributed by atoms with van der Waals surface area (Å²) in [6.07, 6.45) is -3.06. The summed E-state index contributed by atoms with van der Waals surface area (Å²) in [5.74, 6) is 0.734. The quantitative estimate of drug-likeness (QED) is 0.662. The monoisotopic (exact) mass is 354 g/mol. The number of aryl methyl sites for hydroxylation is 1. The first-order chi connectivity index (χ1) is 11.9. The van der Waals surface area contributed by atoms with E-state index >= 15 is 0 Å². The van der Waals surface area contributed by atoms with Crippen molar-refractivity contribution in [3.8, 4) is 5.75 Å². The summed E-state index contributed by atoms with van der Waals surface area (Å²) in [5.41, 5.74) is 6.93. The third-order valence-electron chi connectivity index (χ3n) is 3.61. The second kappa shape index (κ2) is 6.71. The average Bonchev–Trinajstić information content (AvgIpc) is 2.92. The van der Waals surface area contributed by atoms with Gasteiger partial charge in [0.15, 0.2) is 5.82 Å². The number of unbranched alkanes of at least 4 members (excludes halogenated alkanes) is 1. The summed E-state index contributed by atoms with van der Waals surface area (Å²) in [6, 6.07) is 3.99. The Hall–Kier alpha value is -2.62. The van der Waals surface area contributed by atoms with Crippen molar-refractivity contribution >= 4 is 22.5 Å². The maximum atomic E-state index is 12.4. The number of nitrogens with one attached hydrogen (secondary N) is 1. The molecule has 3 aromatic rings. The average molecular weight is 354 g/mol. The normalized spacial score (nSPS) is 12.0. The van der Waals surface area contributed by atoms with Gasteiger partial charge in [-0.2, -0.15) is 0 Å². The van der Waals surface area contributed by atoms with E-state index in [0.29, 0.717) is 41.4 Å². The highest BCUT2D eigenvalue weighted by Gasteiger charge is 2.31. The second-order valence-corrected chi connectivity index (χ2v) is 5.49. The first-order valence-electron chi connectivity index (χ1n) is 7.74. The summed E-state index contributed by atoms with van der Waals surface area (Å²) in [5, 5.41) is 11.3. The van der Waals surface area contributed by atoms with Crippen LogP contribution in [0.1, 0.15) is 18.7 Å². The van der Waals surface area contributed by atoms with E-state index in [1.54, 1.807) is 11.3 Å². The molecule has 7 nitrogen and oxygen atoms in total. The number of rotatable bonds is 6. The van der Waals surface area contributed by atoms with Gasteiger partial charge in [0.05, 0.1) is 11.0 Å². The van der Waals surface area contributed by atoms with E-state index < -0.39 is 6.36 Å². The lowest BCUT2D eigenvalue weighted by Crippen LogP contribution is -2.17. The zero-order valence-electron chi connectivity index (χ0n) is 13.5. The first-order valence-corrected chi connectivity index (χ1v) is 7.74. The fourth-order valence-electron chi connectivity index (χ4n) is 2.55. The molecule has 25 heavy (non-hydrogen) atoms. The molecule has 0 bridgehead atoms. The molecule has 0 aliphatic heterocycles. The minimum Gasteiger partial charge on any atom is -0.406 e. The largest absolute Gasteiger partial charge is 0.573 e. The summed E-state index contributed by atoms with van der Waals surface area (Å²) in [6.45, 7) is 2.97. The number of ether oxygens (including phenoxy) is 1. The molecule has 0 atom stereocenters. The number of halogens is 3. The highest BCUT2D eigenvalue weighted by molar-refractivity contribution is 5.84. The fraction of sp³-hybridized carbons (Fsp3) is 0.400. The second-order valence-electron chi connectivity index (χ2n) is 5.49. The van der Waals surface area contributed by atoms with Gasteiger partial charge in [-0.25, -0.2) is 4.98 Å². The number of benzene rings is 1. The maximum Gasteiger partial charge on any atom is 0.573 e. The molecule has 3 N–H and O–H groups in total. The van der Waals surface area contributed by atoms with Crippen LogP contribution in [-0.4, -0.2) is 39.0 Å². The summed E-state index contributed by atoms with van der Waals surface area (Å²) < 4.78 is 43.0. The number of nitrogens with two attached hydrogens (primary N) is 1. The SMILES string of the molecule is Cc1nnc2c(NCCCCN)nc3cc(OC(F)(F)F)ccc3n12. The van der Waals surface area contributed by atoms with Crippen LogP contribution >= 0.6 is 0 Å². The Balaban J connectivity index is 2.04. The minimum absolute atomic E-state index is 0.327. The van der Waals surface area contributed by atoms with E-state index in [-0.39, 0.29) is 5.75 Å². The number of hydrogen-bond donors (Lipinski definition) is 2. The molecule has 0 aliphatic carbocycles. The maximum absolute atomic E-state index is 12.4. The minimum atomic E-state index is -4.76. The molecule has 0 saturated carbocycles. The van der Waals surface area contributed by atoms with Crippen LogP contribution in [0.4, 0.5) is 19.0 Å². The van der Waals surface area contributed by atoms with Crippen LogP contribution in [0.5, 0.6) is 5.75 Å². The zero-order chi connectivity index (χ0) is 18.0. The van der Waals surface area contributed by atoms with Crippen LogP contribution in [0.2, 0.25) is 0 Å². The highest BCUT2D eigenvalue weighted by atomic mass is 19.4. The Kier molecular flexibility index (Phi) is 4.62. The molecule has 0 aliphatic rings. The lowest BCUT2D eigenvalue weighted by atomic mass is 10.2. The van der Waals surface area contributed by atoms with Gasteiger partial charge < -0.3 is 15.8 Å². The highest BCUT2D eigenvalue weighted by Crippen LogP contribution is 2.28. The molecule has 0 unspecified atom stereocenters. The summed E-state index contributed by atoms with van der Waals surface area (Å²) in [7, 11) is 0. The van der Waals surface area contributed by atoms with Crippen LogP contribution in [0.25, 0.3) is 16.7 Å². The Labute approximate surface area is 141 Å². The van der Waals surface area contributed by atoms with Gasteiger partial charge in [-0.05, 0) is 38.4 Å². The Morgan fingerprint density at radius 3 is 2.76 bits per heavy atom. The molecule has 0 saturated heterocycles. The number of alkyl halides is 3. The summed E-state index contributed by atoms with van der Waals surface area (Å²) >= 11 is 0. The Morgan fingerprint density at radius 2 is 2.04 bits per heavy atom. The van der Waals surface area contributed by atoms with Gasteiger partial charge >= 0.3 is 6.36 Å². The molecule has 2 heterocycles. The number of hydrogen-bond acceptors (Lipinski definition) is 6. The van der Waals surface area contributed by atoms with E-state index in [2.05, 4.69) is 25.2 Å². The fourth-order valence-corrected chi connectivity index (χ4v) is 2.55. The molecule has 3 rings (SSSR count). The van der Waals surface area contributed by atoms with Gasteiger partial charge in [0.25, 0.3) is 0 Å². The molecular weight excluding hydrogens is 337 g/mol. The van der Waals surface area contributed by atoms with Gasteiger partial charge in [0.1, 0.15) is 11.6 Å². The van der Waals surface area contributed by atoms with Gasteiger partial charge in [-0.15, -0.1) is 23.4 Å². The first kappa shape index (κ1) is 17.2. The van der Waals surface area contributed by atoms with Crippen molar-refractivity contribution in [2.24, 2.45) is 5.73 Å². The summed E-state index contributed by atoms with van der Waals surface area (Å²) in [4.78, 5) is 4.39. The van der Waals surface area contributed by atoms with Crippen LogP contribution in [0.15, 0.2) is 18.2 Å².